The second kappa shape index (κ2) is 8.99. The van der Waals surface area contributed by atoms with Crippen LogP contribution in [0.1, 0.15) is 16.7 Å². The Balaban J connectivity index is 1.94. The van der Waals surface area contributed by atoms with Crippen LogP contribution in [0.3, 0.4) is 0 Å². The van der Waals surface area contributed by atoms with Crippen molar-refractivity contribution >= 4 is 17.9 Å². The number of hydrogen-bond acceptors (Lipinski definition) is 5. The quantitative estimate of drug-likeness (QED) is 0.520. The van der Waals surface area contributed by atoms with Gasteiger partial charge in [-0.1, -0.05) is 54.6 Å². The van der Waals surface area contributed by atoms with Crippen molar-refractivity contribution in [3.63, 3.8) is 0 Å². The van der Waals surface area contributed by atoms with E-state index < -0.39 is 41.9 Å². The average molecular weight is 449 g/mol. The molecule has 1 heterocycles. The summed E-state index contributed by atoms with van der Waals surface area (Å²) >= 11 is 0. The first kappa shape index (κ1) is 23.3. The Morgan fingerprint density at radius 1 is 1.09 bits per heavy atom. The van der Waals surface area contributed by atoms with E-state index in [1.54, 1.807) is 12.1 Å². The molecule has 0 radical (unpaired) electrons. The fourth-order valence-corrected chi connectivity index (χ4v) is 3.58. The molecule has 3 amide bonds. The van der Waals surface area contributed by atoms with Gasteiger partial charge in [0.25, 0.3) is 5.91 Å². The molecule has 0 saturated carbocycles. The van der Waals surface area contributed by atoms with Gasteiger partial charge < -0.3 is 10.1 Å². The number of ether oxygens (including phenoxy) is 1. The summed E-state index contributed by atoms with van der Waals surface area (Å²) in [5.41, 5.74) is -1.93. The first-order chi connectivity index (χ1) is 15.1. The van der Waals surface area contributed by atoms with E-state index in [0.717, 1.165) is 23.3 Å². The Morgan fingerprint density at radius 2 is 1.72 bits per heavy atom. The molecule has 0 spiro atoms. The molecule has 170 valence electrons. The maximum atomic E-state index is 14.2. The number of halogens is 3. The predicted octanol–water partition coefficient (Wildman–Crippen LogP) is 2.94. The third kappa shape index (κ3) is 4.31. The fraction of sp³-hybridized carbons (Fsp3) is 0.318. The van der Waals surface area contributed by atoms with Crippen molar-refractivity contribution in [2.75, 3.05) is 20.3 Å². The molecule has 0 aromatic heterocycles. The number of carbonyl (C=O) groups is 3. The lowest BCUT2D eigenvalue weighted by atomic mass is 9.89. The summed E-state index contributed by atoms with van der Waals surface area (Å²) in [5, 5.41) is 1.84. The van der Waals surface area contributed by atoms with Crippen LogP contribution in [0.15, 0.2) is 54.6 Å². The third-order valence-corrected chi connectivity index (χ3v) is 5.31. The van der Waals surface area contributed by atoms with Crippen LogP contribution in [-0.4, -0.2) is 54.2 Å². The number of esters is 1. The highest BCUT2D eigenvalue weighted by Crippen LogP contribution is 2.43. The summed E-state index contributed by atoms with van der Waals surface area (Å²) in [6.07, 6.45) is -5.08. The molecule has 1 fully saturated rings. The first-order valence-electron chi connectivity index (χ1n) is 9.70. The van der Waals surface area contributed by atoms with Gasteiger partial charge in [0.2, 0.25) is 5.54 Å². The number of amides is 3. The van der Waals surface area contributed by atoms with Gasteiger partial charge in [-0.25, -0.2) is 9.69 Å². The minimum Gasteiger partial charge on any atom is -0.468 e. The molecule has 7 nitrogen and oxygen atoms in total. The number of rotatable bonds is 7. The summed E-state index contributed by atoms with van der Waals surface area (Å²) in [4.78, 5) is 39.4. The molecule has 1 saturated heterocycles. The van der Waals surface area contributed by atoms with Gasteiger partial charge in [-0.2, -0.15) is 13.2 Å². The van der Waals surface area contributed by atoms with E-state index >= 15 is 0 Å². The van der Waals surface area contributed by atoms with Crippen LogP contribution in [0, 0.1) is 6.92 Å². The van der Waals surface area contributed by atoms with Gasteiger partial charge >= 0.3 is 18.2 Å². The Morgan fingerprint density at radius 3 is 2.31 bits per heavy atom. The number of benzene rings is 2. The van der Waals surface area contributed by atoms with Crippen LogP contribution in [0.2, 0.25) is 0 Å². The molecule has 10 heteroatoms. The van der Waals surface area contributed by atoms with Gasteiger partial charge in [-0.3, -0.25) is 14.5 Å². The van der Waals surface area contributed by atoms with Gasteiger partial charge in [0, 0.05) is 6.54 Å². The predicted molar refractivity (Wildman–Crippen MR) is 108 cm³/mol. The summed E-state index contributed by atoms with van der Waals surface area (Å²) < 4.78 is 47.1. The normalized spacial score (nSPS) is 18.8. The van der Waals surface area contributed by atoms with Crippen molar-refractivity contribution in [3.8, 4) is 0 Å². The van der Waals surface area contributed by atoms with Crippen LogP contribution in [0.5, 0.6) is 0 Å². The zero-order valence-electron chi connectivity index (χ0n) is 17.5. The Labute approximate surface area is 182 Å². The smallest absolute Gasteiger partial charge is 0.425 e. The maximum Gasteiger partial charge on any atom is 0.425 e. The van der Waals surface area contributed by atoms with E-state index in [4.69, 9.17) is 0 Å². The van der Waals surface area contributed by atoms with Crippen LogP contribution < -0.4 is 5.32 Å². The van der Waals surface area contributed by atoms with Gasteiger partial charge in [0.15, 0.2) is 0 Å². The molecule has 1 N–H and O–H groups in total. The number of urea groups is 1. The lowest BCUT2D eigenvalue weighted by Gasteiger charge is -2.30. The van der Waals surface area contributed by atoms with Crippen LogP contribution in [-0.2, 0) is 26.4 Å². The molecular formula is C22H22F3N3O4. The zero-order valence-corrected chi connectivity index (χ0v) is 17.5. The molecule has 0 bridgehead atoms. The molecule has 0 aliphatic carbocycles. The van der Waals surface area contributed by atoms with E-state index in [-0.39, 0.29) is 13.1 Å². The van der Waals surface area contributed by atoms with Crippen molar-refractivity contribution in [1.29, 1.82) is 0 Å². The summed E-state index contributed by atoms with van der Waals surface area (Å²) in [5.74, 6) is -2.11. The molecule has 1 unspecified atom stereocenters. The van der Waals surface area contributed by atoms with Crippen molar-refractivity contribution in [2.45, 2.75) is 25.2 Å². The second-order valence-electron chi connectivity index (χ2n) is 7.41. The van der Waals surface area contributed by atoms with Crippen LogP contribution >= 0.6 is 0 Å². The number of nitrogens with zero attached hydrogens (tertiary/aromatic N) is 2. The molecule has 2 aromatic carbocycles. The van der Waals surface area contributed by atoms with Crippen molar-refractivity contribution in [1.82, 2.24) is 15.1 Å². The largest absolute Gasteiger partial charge is 0.468 e. The van der Waals surface area contributed by atoms with Crippen molar-refractivity contribution in [2.24, 2.45) is 0 Å². The first-order valence-corrected chi connectivity index (χ1v) is 9.70. The van der Waals surface area contributed by atoms with Gasteiger partial charge in [0.05, 0.1) is 20.3 Å². The number of nitrogens with one attached hydrogen (secondary N) is 1. The fourth-order valence-electron chi connectivity index (χ4n) is 3.58. The molecule has 2 aromatic rings. The van der Waals surface area contributed by atoms with E-state index in [1.165, 1.54) is 30.2 Å². The highest BCUT2D eigenvalue weighted by atomic mass is 19.4. The highest BCUT2D eigenvalue weighted by Gasteiger charge is 2.68. The van der Waals surface area contributed by atoms with Crippen LogP contribution in [0.4, 0.5) is 18.0 Å². The molecule has 32 heavy (non-hydrogen) atoms. The number of alkyl halides is 3. The lowest BCUT2D eigenvalue weighted by Crippen LogP contribution is -2.56. The molecule has 3 rings (SSSR count). The molecule has 1 aliphatic rings. The number of methoxy groups -OCH3 is 1. The standard InChI is InChI=1S/C22H22F3N3O4/c1-15-8-6-7-9-16(15)12-27(13-18(29)32-2)14-28-19(30)21(22(23,24)25,26-20(28)31)17-10-4-3-5-11-17/h3-11H,12-14H2,1-2H3,(H,26,31). The van der Waals surface area contributed by atoms with Crippen molar-refractivity contribution < 1.29 is 32.3 Å². The average Bonchev–Trinajstić information content (AvgIpc) is 3.01. The van der Waals surface area contributed by atoms with Gasteiger partial charge in [-0.15, -0.1) is 0 Å². The Bertz CT molecular complexity index is 1010. The summed E-state index contributed by atoms with van der Waals surface area (Å²) in [6.45, 7) is 1.09. The number of hydrogen-bond donors (Lipinski definition) is 1. The lowest BCUT2D eigenvalue weighted by molar-refractivity contribution is -0.198. The third-order valence-electron chi connectivity index (χ3n) is 5.31. The minimum absolute atomic E-state index is 0.114. The van der Waals surface area contributed by atoms with Gasteiger partial charge in [-0.05, 0) is 23.6 Å². The molecule has 1 aliphatic heterocycles. The monoisotopic (exact) mass is 449 g/mol. The van der Waals surface area contributed by atoms with Crippen molar-refractivity contribution in [3.05, 3.63) is 71.3 Å². The van der Waals surface area contributed by atoms with E-state index in [1.807, 2.05) is 24.4 Å². The topological polar surface area (TPSA) is 79.0 Å². The summed E-state index contributed by atoms with van der Waals surface area (Å²) in [6, 6.07) is 12.5. The zero-order chi connectivity index (χ0) is 23.5. The molecule has 1 atom stereocenters. The van der Waals surface area contributed by atoms with E-state index in [9.17, 15) is 27.6 Å². The highest BCUT2D eigenvalue weighted by molar-refractivity contribution is 6.08. The second-order valence-corrected chi connectivity index (χ2v) is 7.41. The number of aryl methyl sites for hydroxylation is 1. The molecular weight excluding hydrogens is 427 g/mol. The summed E-state index contributed by atoms with van der Waals surface area (Å²) in [7, 11) is 1.17. The van der Waals surface area contributed by atoms with E-state index in [2.05, 4.69) is 4.74 Å². The van der Waals surface area contributed by atoms with E-state index in [0.29, 0.717) is 4.90 Å². The minimum atomic E-state index is -5.08. The Hall–Kier alpha value is -3.40. The maximum absolute atomic E-state index is 14.2. The number of imide groups is 1. The Kier molecular flexibility index (Phi) is 6.54. The van der Waals surface area contributed by atoms with Crippen LogP contribution in [0.25, 0.3) is 0 Å². The number of carbonyl (C=O) groups excluding carboxylic acids is 3. The van der Waals surface area contributed by atoms with Gasteiger partial charge in [0.1, 0.15) is 0 Å². The SMILES string of the molecule is COC(=O)CN(Cc1ccccc1C)CN1C(=O)NC(c2ccccc2)(C(F)(F)F)C1=O.